The van der Waals surface area contributed by atoms with Crippen molar-refractivity contribution in [3.8, 4) is 0 Å². The molecular formula is C18H23NO2. The summed E-state index contributed by atoms with van der Waals surface area (Å²) >= 11 is 0. The largest absolute Gasteiger partial charge is 0.492 e. The zero-order valence-corrected chi connectivity index (χ0v) is 12.5. The van der Waals surface area contributed by atoms with Gasteiger partial charge in [-0.15, -0.1) is 0 Å². The van der Waals surface area contributed by atoms with E-state index in [0.717, 1.165) is 18.6 Å². The van der Waals surface area contributed by atoms with Crippen LogP contribution < -0.4 is 5.32 Å². The van der Waals surface area contributed by atoms with Gasteiger partial charge in [0.15, 0.2) is 0 Å². The number of benzene rings is 1. The summed E-state index contributed by atoms with van der Waals surface area (Å²) in [5, 5.41) is 2.89. The van der Waals surface area contributed by atoms with Crippen LogP contribution in [-0.4, -0.2) is 19.1 Å². The third-order valence-corrected chi connectivity index (χ3v) is 3.46. The molecule has 0 bridgehead atoms. The van der Waals surface area contributed by atoms with Crippen LogP contribution in [0, 0.1) is 5.92 Å². The van der Waals surface area contributed by atoms with Gasteiger partial charge in [0, 0.05) is 6.42 Å². The molecule has 1 N–H and O–H groups in total. The molecule has 1 aromatic carbocycles. The topological polar surface area (TPSA) is 38.3 Å². The van der Waals surface area contributed by atoms with Crippen molar-refractivity contribution in [1.82, 2.24) is 5.32 Å². The van der Waals surface area contributed by atoms with Gasteiger partial charge in [-0.1, -0.05) is 43.3 Å². The fraction of sp³-hybridized carbons (Fsp3) is 0.389. The molecule has 21 heavy (non-hydrogen) atoms. The zero-order valence-electron chi connectivity index (χ0n) is 12.5. The molecule has 0 radical (unpaired) electrons. The first-order valence-corrected chi connectivity index (χ1v) is 7.56. The highest BCUT2D eigenvalue weighted by Crippen LogP contribution is 2.15. The van der Waals surface area contributed by atoms with Gasteiger partial charge in [-0.3, -0.25) is 4.79 Å². The summed E-state index contributed by atoms with van der Waals surface area (Å²) in [4.78, 5) is 11.7. The quantitative estimate of drug-likeness (QED) is 0.781. The third-order valence-electron chi connectivity index (χ3n) is 3.46. The predicted octanol–water partition coefficient (Wildman–Crippen LogP) is 3.23. The Morgan fingerprint density at radius 3 is 2.86 bits per heavy atom. The number of amides is 1. The van der Waals surface area contributed by atoms with Crippen molar-refractivity contribution in [3.05, 3.63) is 59.9 Å². The average molecular weight is 285 g/mol. The second-order valence-corrected chi connectivity index (χ2v) is 5.36. The van der Waals surface area contributed by atoms with E-state index in [1.54, 1.807) is 0 Å². The van der Waals surface area contributed by atoms with E-state index < -0.39 is 0 Å². The minimum absolute atomic E-state index is 0.0734. The van der Waals surface area contributed by atoms with E-state index in [-0.39, 0.29) is 5.91 Å². The minimum Gasteiger partial charge on any atom is -0.492 e. The number of nitrogens with one attached hydrogen (secondary N) is 1. The van der Waals surface area contributed by atoms with Gasteiger partial charge in [0.05, 0.1) is 6.54 Å². The lowest BCUT2D eigenvalue weighted by Crippen LogP contribution is -2.27. The van der Waals surface area contributed by atoms with Crippen LogP contribution in [0.25, 0.3) is 0 Å². The predicted molar refractivity (Wildman–Crippen MR) is 84.7 cm³/mol. The summed E-state index contributed by atoms with van der Waals surface area (Å²) in [5.74, 6) is 1.57. The first kappa shape index (κ1) is 15.4. The Labute approximate surface area is 126 Å². The fourth-order valence-electron chi connectivity index (χ4n) is 2.17. The van der Waals surface area contributed by atoms with Crippen molar-refractivity contribution in [2.45, 2.75) is 26.2 Å². The van der Waals surface area contributed by atoms with Crippen molar-refractivity contribution in [1.29, 1.82) is 0 Å². The standard InChI is InChI=1S/C18H23NO2/c1-15-7-10-17(11-8-15)21-14-13-19-18(20)12-9-16-5-3-2-4-6-16/h2-7,10-11,15H,8-9,12-14H2,1H3,(H,19,20). The van der Waals surface area contributed by atoms with Crippen LogP contribution in [-0.2, 0) is 16.0 Å². The van der Waals surface area contributed by atoms with Crippen molar-refractivity contribution in [2.75, 3.05) is 13.2 Å². The zero-order chi connectivity index (χ0) is 14.9. The molecule has 0 heterocycles. The Bertz CT molecular complexity index is 505. The lowest BCUT2D eigenvalue weighted by atomic mass is 10.0. The molecule has 0 spiro atoms. The SMILES string of the molecule is CC1C=CC(OCCNC(=O)CCc2ccccc2)=CC1. The van der Waals surface area contributed by atoms with Crippen LogP contribution in [0.4, 0.5) is 0 Å². The molecule has 1 unspecified atom stereocenters. The van der Waals surface area contributed by atoms with Crippen molar-refractivity contribution < 1.29 is 9.53 Å². The molecule has 1 atom stereocenters. The highest BCUT2D eigenvalue weighted by atomic mass is 16.5. The molecule has 112 valence electrons. The summed E-state index contributed by atoms with van der Waals surface area (Å²) in [5.41, 5.74) is 1.19. The van der Waals surface area contributed by atoms with Crippen molar-refractivity contribution >= 4 is 5.91 Å². The Morgan fingerprint density at radius 1 is 1.33 bits per heavy atom. The number of carbonyl (C=O) groups excluding carboxylic acids is 1. The summed E-state index contributed by atoms with van der Waals surface area (Å²) in [6, 6.07) is 10.1. The van der Waals surface area contributed by atoms with E-state index in [1.807, 2.05) is 36.4 Å². The number of hydrogen-bond donors (Lipinski definition) is 1. The smallest absolute Gasteiger partial charge is 0.220 e. The molecule has 1 aliphatic carbocycles. The molecule has 0 saturated heterocycles. The Balaban J connectivity index is 1.56. The lowest BCUT2D eigenvalue weighted by Gasteiger charge is -2.13. The third kappa shape index (κ3) is 5.86. The maximum absolute atomic E-state index is 11.7. The second kappa shape index (κ2) is 8.30. The maximum Gasteiger partial charge on any atom is 0.220 e. The molecule has 0 aliphatic heterocycles. The fourth-order valence-corrected chi connectivity index (χ4v) is 2.17. The second-order valence-electron chi connectivity index (χ2n) is 5.36. The van der Waals surface area contributed by atoms with Crippen LogP contribution >= 0.6 is 0 Å². The van der Waals surface area contributed by atoms with Crippen molar-refractivity contribution in [2.24, 2.45) is 5.92 Å². The maximum atomic E-state index is 11.7. The van der Waals surface area contributed by atoms with Gasteiger partial charge in [-0.2, -0.15) is 0 Å². The lowest BCUT2D eigenvalue weighted by molar-refractivity contribution is -0.121. The van der Waals surface area contributed by atoms with Crippen molar-refractivity contribution in [3.63, 3.8) is 0 Å². The van der Waals surface area contributed by atoms with Gasteiger partial charge in [0.25, 0.3) is 0 Å². The van der Waals surface area contributed by atoms with Gasteiger partial charge in [-0.25, -0.2) is 0 Å². The van der Waals surface area contributed by atoms with E-state index in [4.69, 9.17) is 4.74 Å². The molecule has 1 amide bonds. The first-order chi connectivity index (χ1) is 10.2. The van der Waals surface area contributed by atoms with Crippen LogP contribution in [0.2, 0.25) is 0 Å². The molecule has 2 rings (SSSR count). The molecular weight excluding hydrogens is 262 g/mol. The van der Waals surface area contributed by atoms with E-state index in [9.17, 15) is 4.79 Å². The number of allylic oxidation sites excluding steroid dienone is 3. The normalized spacial score (nSPS) is 17.2. The molecule has 1 aromatic rings. The molecule has 0 aromatic heterocycles. The van der Waals surface area contributed by atoms with E-state index in [0.29, 0.717) is 25.5 Å². The molecule has 3 heteroatoms. The van der Waals surface area contributed by atoms with Gasteiger partial charge >= 0.3 is 0 Å². The van der Waals surface area contributed by atoms with E-state index in [1.165, 1.54) is 5.56 Å². The molecule has 0 fully saturated rings. The highest BCUT2D eigenvalue weighted by Gasteiger charge is 2.05. The number of ether oxygens (including phenoxy) is 1. The average Bonchev–Trinajstić information content (AvgIpc) is 2.52. The minimum atomic E-state index is 0.0734. The highest BCUT2D eigenvalue weighted by molar-refractivity contribution is 5.76. The number of aryl methyl sites for hydroxylation is 1. The molecule has 0 saturated carbocycles. The van der Waals surface area contributed by atoms with Gasteiger partial charge in [0.2, 0.25) is 5.91 Å². The first-order valence-electron chi connectivity index (χ1n) is 7.56. The molecule has 1 aliphatic rings. The Kier molecular flexibility index (Phi) is 6.07. The van der Waals surface area contributed by atoms with E-state index >= 15 is 0 Å². The van der Waals surface area contributed by atoms with Gasteiger partial charge < -0.3 is 10.1 Å². The summed E-state index contributed by atoms with van der Waals surface area (Å²) in [6.45, 7) is 3.24. The Morgan fingerprint density at radius 2 is 2.14 bits per heavy atom. The van der Waals surface area contributed by atoms with Crippen LogP contribution in [0.5, 0.6) is 0 Å². The molecule has 3 nitrogen and oxygen atoms in total. The summed E-state index contributed by atoms with van der Waals surface area (Å²) in [7, 11) is 0. The summed E-state index contributed by atoms with van der Waals surface area (Å²) in [6.07, 6.45) is 8.57. The summed E-state index contributed by atoms with van der Waals surface area (Å²) < 4.78 is 5.60. The van der Waals surface area contributed by atoms with Crippen LogP contribution in [0.15, 0.2) is 54.3 Å². The Hall–Kier alpha value is -2.03. The van der Waals surface area contributed by atoms with E-state index in [2.05, 4.69) is 24.4 Å². The monoisotopic (exact) mass is 285 g/mol. The van der Waals surface area contributed by atoms with Gasteiger partial charge in [-0.05, 0) is 36.5 Å². The van der Waals surface area contributed by atoms with Gasteiger partial charge in [0.1, 0.15) is 12.4 Å². The number of hydrogen-bond acceptors (Lipinski definition) is 2. The number of carbonyl (C=O) groups is 1. The van der Waals surface area contributed by atoms with Crippen LogP contribution in [0.3, 0.4) is 0 Å². The van der Waals surface area contributed by atoms with Crippen LogP contribution in [0.1, 0.15) is 25.3 Å². The number of rotatable bonds is 7.